The maximum absolute atomic E-state index is 12.1. The van der Waals surface area contributed by atoms with Crippen LogP contribution < -0.4 is 11.1 Å². The Kier molecular flexibility index (Phi) is 4.81. The van der Waals surface area contributed by atoms with Gasteiger partial charge < -0.3 is 14.8 Å². The molecule has 6 nitrogen and oxygen atoms in total. The lowest BCUT2D eigenvalue weighted by atomic mass is 9.85. The maximum atomic E-state index is 12.1. The number of nitrogens with zero attached hydrogens (tertiary/aromatic N) is 1. The van der Waals surface area contributed by atoms with Gasteiger partial charge in [-0.05, 0) is 30.9 Å². The number of carbonyl (C=O) groups excluding carboxylic acids is 1. The largest absolute Gasteiger partial charge is 0.420 e. The average Bonchev–Trinajstić information content (AvgIpc) is 2.89. The van der Waals surface area contributed by atoms with Crippen LogP contribution in [0.4, 0.5) is 0 Å². The van der Waals surface area contributed by atoms with Gasteiger partial charge in [-0.25, -0.2) is 4.79 Å². The second-order valence-corrected chi connectivity index (χ2v) is 6.19. The van der Waals surface area contributed by atoms with E-state index in [9.17, 15) is 14.7 Å². The summed E-state index contributed by atoms with van der Waals surface area (Å²) in [5.41, 5.74) is 1.06. The third kappa shape index (κ3) is 3.64. The Bertz CT molecular complexity index is 728. The molecule has 1 amide bonds. The number of rotatable bonds is 5. The molecule has 23 heavy (non-hydrogen) atoms. The van der Waals surface area contributed by atoms with Crippen molar-refractivity contribution in [3.63, 3.8) is 0 Å². The van der Waals surface area contributed by atoms with E-state index in [2.05, 4.69) is 5.32 Å². The molecule has 0 spiro atoms. The molecule has 1 aromatic heterocycles. The second kappa shape index (κ2) is 7.00. The van der Waals surface area contributed by atoms with Gasteiger partial charge in [-0.3, -0.25) is 9.36 Å². The molecule has 124 valence electrons. The molecule has 0 saturated heterocycles. The average molecular weight is 318 g/mol. The SMILES string of the molecule is O=C(Cn1c(=O)oc2ccccc21)NCC(O)C1CCCCC1. The van der Waals surface area contributed by atoms with Gasteiger partial charge in [-0.2, -0.15) is 0 Å². The van der Waals surface area contributed by atoms with Crippen molar-refractivity contribution < 1.29 is 14.3 Å². The minimum absolute atomic E-state index is 0.104. The van der Waals surface area contributed by atoms with Gasteiger partial charge in [0.15, 0.2) is 5.58 Å². The first-order chi connectivity index (χ1) is 11.1. The normalized spacial score (nSPS) is 17.3. The molecule has 1 aromatic carbocycles. The molecule has 6 heteroatoms. The van der Waals surface area contributed by atoms with Crippen molar-refractivity contribution in [1.29, 1.82) is 0 Å². The van der Waals surface area contributed by atoms with Crippen molar-refractivity contribution >= 4 is 17.0 Å². The van der Waals surface area contributed by atoms with Gasteiger partial charge in [-0.15, -0.1) is 0 Å². The van der Waals surface area contributed by atoms with Crippen molar-refractivity contribution in [2.75, 3.05) is 6.54 Å². The molecular weight excluding hydrogens is 296 g/mol. The highest BCUT2D eigenvalue weighted by Crippen LogP contribution is 2.26. The lowest BCUT2D eigenvalue weighted by Gasteiger charge is -2.26. The van der Waals surface area contributed by atoms with Crippen LogP contribution >= 0.6 is 0 Å². The number of aliphatic hydroxyl groups excluding tert-OH is 1. The summed E-state index contributed by atoms with van der Waals surface area (Å²) in [4.78, 5) is 23.9. The molecule has 1 aliphatic carbocycles. The minimum Gasteiger partial charge on any atom is -0.408 e. The predicted molar refractivity (Wildman–Crippen MR) is 86.1 cm³/mol. The van der Waals surface area contributed by atoms with E-state index in [1.807, 2.05) is 0 Å². The van der Waals surface area contributed by atoms with Crippen LogP contribution in [0.15, 0.2) is 33.5 Å². The van der Waals surface area contributed by atoms with Gasteiger partial charge in [0.1, 0.15) is 6.54 Å². The summed E-state index contributed by atoms with van der Waals surface area (Å²) in [6, 6.07) is 7.00. The highest BCUT2D eigenvalue weighted by molar-refractivity contribution is 5.79. The van der Waals surface area contributed by atoms with Crippen molar-refractivity contribution in [2.24, 2.45) is 5.92 Å². The van der Waals surface area contributed by atoms with Crippen LogP contribution in [0.1, 0.15) is 32.1 Å². The van der Waals surface area contributed by atoms with Crippen LogP contribution in [-0.4, -0.2) is 28.2 Å². The number of amides is 1. The summed E-state index contributed by atoms with van der Waals surface area (Å²) >= 11 is 0. The van der Waals surface area contributed by atoms with Crippen LogP contribution in [0.25, 0.3) is 11.1 Å². The number of benzene rings is 1. The number of nitrogens with one attached hydrogen (secondary N) is 1. The Labute approximate surface area is 134 Å². The predicted octanol–water partition coefficient (Wildman–Crippen LogP) is 1.65. The summed E-state index contributed by atoms with van der Waals surface area (Å²) < 4.78 is 6.40. The smallest absolute Gasteiger partial charge is 0.408 e. The Balaban J connectivity index is 1.58. The summed E-state index contributed by atoms with van der Waals surface area (Å²) in [7, 11) is 0. The third-order valence-electron chi connectivity index (χ3n) is 4.58. The van der Waals surface area contributed by atoms with Crippen molar-refractivity contribution in [3.05, 3.63) is 34.8 Å². The number of hydrogen-bond donors (Lipinski definition) is 2. The van der Waals surface area contributed by atoms with Crippen molar-refractivity contribution in [3.8, 4) is 0 Å². The van der Waals surface area contributed by atoms with E-state index in [-0.39, 0.29) is 24.9 Å². The summed E-state index contributed by atoms with van der Waals surface area (Å²) in [6.45, 7) is 0.126. The zero-order chi connectivity index (χ0) is 16.2. The lowest BCUT2D eigenvalue weighted by Crippen LogP contribution is -2.39. The third-order valence-corrected chi connectivity index (χ3v) is 4.58. The van der Waals surface area contributed by atoms with E-state index in [1.165, 1.54) is 11.0 Å². The topological polar surface area (TPSA) is 84.5 Å². The van der Waals surface area contributed by atoms with E-state index in [1.54, 1.807) is 24.3 Å². The number of carbonyl (C=O) groups is 1. The van der Waals surface area contributed by atoms with Gasteiger partial charge in [0, 0.05) is 6.54 Å². The molecule has 1 saturated carbocycles. The first-order valence-electron chi connectivity index (χ1n) is 8.18. The summed E-state index contributed by atoms with van der Waals surface area (Å²) in [5, 5.41) is 12.9. The second-order valence-electron chi connectivity index (χ2n) is 6.19. The van der Waals surface area contributed by atoms with Gasteiger partial charge in [0.25, 0.3) is 0 Å². The van der Waals surface area contributed by atoms with Crippen LogP contribution in [-0.2, 0) is 11.3 Å². The fourth-order valence-corrected chi connectivity index (χ4v) is 3.27. The minimum atomic E-state index is -0.547. The Morgan fingerprint density at radius 2 is 2.04 bits per heavy atom. The van der Waals surface area contributed by atoms with Crippen LogP contribution in [0.3, 0.4) is 0 Å². The molecule has 3 rings (SSSR count). The molecule has 0 aliphatic heterocycles. The van der Waals surface area contributed by atoms with Gasteiger partial charge in [0.05, 0.1) is 11.6 Å². The van der Waals surface area contributed by atoms with Crippen molar-refractivity contribution in [1.82, 2.24) is 9.88 Å². The molecule has 0 bridgehead atoms. The maximum Gasteiger partial charge on any atom is 0.420 e. The fraction of sp³-hybridized carbons (Fsp3) is 0.529. The molecule has 1 aliphatic rings. The summed E-state index contributed by atoms with van der Waals surface area (Å²) in [6.07, 6.45) is 5.03. The number of fused-ring (bicyclic) bond motifs is 1. The van der Waals surface area contributed by atoms with Crippen molar-refractivity contribution in [2.45, 2.75) is 44.8 Å². The van der Waals surface area contributed by atoms with Crippen LogP contribution in [0, 0.1) is 5.92 Å². The van der Waals surface area contributed by atoms with Crippen LogP contribution in [0.2, 0.25) is 0 Å². The first-order valence-corrected chi connectivity index (χ1v) is 8.18. The monoisotopic (exact) mass is 318 g/mol. The quantitative estimate of drug-likeness (QED) is 0.878. The van der Waals surface area contributed by atoms with Gasteiger partial charge in [0.2, 0.25) is 5.91 Å². The standard InChI is InChI=1S/C17H22N2O4/c20-14(12-6-2-1-3-7-12)10-18-16(21)11-19-13-8-4-5-9-15(13)23-17(19)22/h4-5,8-9,12,14,20H,1-3,6-7,10-11H2,(H,18,21). The molecular formula is C17H22N2O4. The van der Waals surface area contributed by atoms with E-state index in [0.717, 1.165) is 25.7 Å². The fourth-order valence-electron chi connectivity index (χ4n) is 3.27. The van der Waals surface area contributed by atoms with Gasteiger partial charge >= 0.3 is 5.76 Å². The number of aromatic nitrogens is 1. The highest BCUT2D eigenvalue weighted by Gasteiger charge is 2.22. The van der Waals surface area contributed by atoms with Gasteiger partial charge in [-0.1, -0.05) is 31.4 Å². The lowest BCUT2D eigenvalue weighted by molar-refractivity contribution is -0.122. The summed E-state index contributed by atoms with van der Waals surface area (Å²) in [5.74, 6) is -0.579. The zero-order valence-electron chi connectivity index (χ0n) is 13.0. The first kappa shape index (κ1) is 15.8. The number of para-hydroxylation sites is 2. The van der Waals surface area contributed by atoms with E-state index in [0.29, 0.717) is 11.1 Å². The Morgan fingerprint density at radius 3 is 2.83 bits per heavy atom. The van der Waals surface area contributed by atoms with E-state index >= 15 is 0 Å². The molecule has 0 radical (unpaired) electrons. The molecule has 2 aromatic rings. The molecule has 1 unspecified atom stereocenters. The van der Waals surface area contributed by atoms with E-state index < -0.39 is 11.9 Å². The molecule has 2 N–H and O–H groups in total. The Hall–Kier alpha value is -2.08. The molecule has 1 fully saturated rings. The number of aliphatic hydroxyl groups is 1. The molecule has 1 atom stereocenters. The zero-order valence-corrected chi connectivity index (χ0v) is 13.0. The highest BCUT2D eigenvalue weighted by atomic mass is 16.4. The number of hydrogen-bond acceptors (Lipinski definition) is 4. The Morgan fingerprint density at radius 1 is 1.30 bits per heavy atom. The number of oxazole rings is 1. The van der Waals surface area contributed by atoms with Crippen LogP contribution in [0.5, 0.6) is 0 Å². The van der Waals surface area contributed by atoms with E-state index in [4.69, 9.17) is 4.42 Å². The molecule has 1 heterocycles.